The molecule has 0 aromatic heterocycles. The highest BCUT2D eigenvalue weighted by atomic mass is 16.6. The molecule has 0 saturated carbocycles. The Hall–Kier alpha value is -3.21. The van der Waals surface area contributed by atoms with Crippen molar-refractivity contribution < 1.29 is 19.4 Å². The molecule has 1 N–H and O–H groups in total. The predicted molar refractivity (Wildman–Crippen MR) is 204 cm³/mol. The highest BCUT2D eigenvalue weighted by Crippen LogP contribution is 2.05. The topological polar surface area (TPSA) is 55.8 Å². The van der Waals surface area contributed by atoms with E-state index in [0.29, 0.717) is 19.4 Å². The minimum absolute atomic E-state index is 0.225. The third-order valence-corrected chi connectivity index (χ3v) is 6.80. The van der Waals surface area contributed by atoms with E-state index in [2.05, 4.69) is 129 Å². The normalized spacial score (nSPS) is 13.9. The summed E-state index contributed by atoms with van der Waals surface area (Å²) in [5, 5.41) is 9.54. The van der Waals surface area contributed by atoms with E-state index in [1.54, 1.807) is 0 Å². The Labute approximate surface area is 288 Å². The van der Waals surface area contributed by atoms with Gasteiger partial charge < -0.3 is 14.6 Å². The van der Waals surface area contributed by atoms with Crippen LogP contribution in [0.4, 0.5) is 0 Å². The summed E-state index contributed by atoms with van der Waals surface area (Å²) in [5.41, 5.74) is 0. The molecule has 0 fully saturated rings. The van der Waals surface area contributed by atoms with E-state index in [1.165, 1.54) is 0 Å². The van der Waals surface area contributed by atoms with Gasteiger partial charge in [0, 0.05) is 13.0 Å². The lowest BCUT2D eigenvalue weighted by Gasteiger charge is -2.15. The van der Waals surface area contributed by atoms with Gasteiger partial charge in [0.2, 0.25) is 0 Å². The molecule has 0 aromatic carbocycles. The maximum absolute atomic E-state index is 12.1. The molecule has 0 amide bonds. The van der Waals surface area contributed by atoms with Gasteiger partial charge in [0.05, 0.1) is 13.2 Å². The summed E-state index contributed by atoms with van der Waals surface area (Å²) in [6, 6.07) is 0. The number of aliphatic hydroxyl groups excluding tert-OH is 1. The summed E-state index contributed by atoms with van der Waals surface area (Å²) in [4.78, 5) is 12.1. The van der Waals surface area contributed by atoms with E-state index >= 15 is 0 Å². The first-order chi connectivity index (χ1) is 23.2. The fourth-order valence-electron chi connectivity index (χ4n) is 4.17. The van der Waals surface area contributed by atoms with Crippen molar-refractivity contribution in [3.63, 3.8) is 0 Å². The van der Waals surface area contributed by atoms with Crippen molar-refractivity contribution in [2.45, 2.75) is 123 Å². The Balaban J connectivity index is 3.72. The highest BCUT2D eigenvalue weighted by Gasteiger charge is 2.13. The minimum atomic E-state index is -0.600. The highest BCUT2D eigenvalue weighted by molar-refractivity contribution is 5.69. The third-order valence-electron chi connectivity index (χ3n) is 6.80. The lowest BCUT2D eigenvalue weighted by Crippen LogP contribution is -2.27. The number of ether oxygens (including phenoxy) is 2. The maximum Gasteiger partial charge on any atom is 0.306 e. The second-order valence-corrected chi connectivity index (χ2v) is 11.2. The van der Waals surface area contributed by atoms with Gasteiger partial charge in [0.1, 0.15) is 6.10 Å². The zero-order valence-electron chi connectivity index (χ0n) is 29.7. The molecule has 0 saturated heterocycles. The summed E-state index contributed by atoms with van der Waals surface area (Å²) < 4.78 is 11.0. The number of carbonyl (C=O) groups excluding carboxylic acids is 1. The van der Waals surface area contributed by atoms with Crippen LogP contribution in [-0.4, -0.2) is 37.0 Å². The number of aliphatic hydroxyl groups is 1. The zero-order chi connectivity index (χ0) is 34.1. The van der Waals surface area contributed by atoms with Gasteiger partial charge in [-0.2, -0.15) is 0 Å². The van der Waals surface area contributed by atoms with Gasteiger partial charge in [-0.1, -0.05) is 142 Å². The van der Waals surface area contributed by atoms with Crippen LogP contribution in [0.25, 0.3) is 0 Å². The first kappa shape index (κ1) is 43.8. The monoisotopic (exact) mass is 646 g/mol. The second-order valence-electron chi connectivity index (χ2n) is 11.2. The van der Waals surface area contributed by atoms with Crippen LogP contribution in [0.1, 0.15) is 117 Å². The maximum atomic E-state index is 12.1. The van der Waals surface area contributed by atoms with Crippen molar-refractivity contribution in [3.8, 4) is 0 Å². The van der Waals surface area contributed by atoms with Crippen LogP contribution in [-0.2, 0) is 14.3 Å². The molecule has 4 nitrogen and oxygen atoms in total. The molecule has 0 radical (unpaired) electrons. The van der Waals surface area contributed by atoms with E-state index in [0.717, 1.165) is 89.9 Å². The molecule has 0 rings (SSSR count). The molecule has 0 bridgehead atoms. The van der Waals surface area contributed by atoms with E-state index < -0.39 is 6.10 Å². The number of hydrogen-bond acceptors (Lipinski definition) is 4. The molecule has 1 unspecified atom stereocenters. The van der Waals surface area contributed by atoms with Crippen LogP contribution in [0, 0.1) is 0 Å². The third kappa shape index (κ3) is 37.1. The Kier molecular flexibility index (Phi) is 36.3. The Bertz CT molecular complexity index is 987. The summed E-state index contributed by atoms with van der Waals surface area (Å²) in [6.07, 6.45) is 58.2. The molecule has 47 heavy (non-hydrogen) atoms. The van der Waals surface area contributed by atoms with E-state index in [-0.39, 0.29) is 19.2 Å². The lowest BCUT2D eigenvalue weighted by molar-refractivity contribution is -0.154. The fraction of sp³-hybridized carbons (Fsp3) is 0.512. The SMILES string of the molecule is CC/C=C\C/C=C\C/C=C\C/C=C\C/C=C\C/C=C\CCC(=O)OC(CO)COCCCCC/C=C\C/C=C\C/C=C\C/C=C\CC. The number of esters is 1. The first-order valence-electron chi connectivity index (χ1n) is 18.1. The van der Waals surface area contributed by atoms with Crippen LogP contribution < -0.4 is 0 Å². The van der Waals surface area contributed by atoms with Crippen LogP contribution in [0.2, 0.25) is 0 Å². The van der Waals surface area contributed by atoms with Crippen LogP contribution in [0.3, 0.4) is 0 Å². The number of hydrogen-bond donors (Lipinski definition) is 1. The average Bonchev–Trinajstić information content (AvgIpc) is 3.08. The summed E-state index contributed by atoms with van der Waals surface area (Å²) in [7, 11) is 0. The number of unbranched alkanes of at least 4 members (excludes halogenated alkanes) is 3. The van der Waals surface area contributed by atoms with Gasteiger partial charge in [-0.25, -0.2) is 0 Å². The zero-order valence-corrected chi connectivity index (χ0v) is 29.7. The Morgan fingerprint density at radius 3 is 1.30 bits per heavy atom. The van der Waals surface area contributed by atoms with Gasteiger partial charge in [-0.05, 0) is 89.9 Å². The average molecular weight is 647 g/mol. The summed E-state index contributed by atoms with van der Waals surface area (Å²) in [6.45, 7) is 4.93. The van der Waals surface area contributed by atoms with Gasteiger partial charge in [0.15, 0.2) is 0 Å². The lowest BCUT2D eigenvalue weighted by atomic mass is 10.2. The molecule has 262 valence electrons. The second kappa shape index (κ2) is 39.0. The predicted octanol–water partition coefficient (Wildman–Crippen LogP) is 11.8. The van der Waals surface area contributed by atoms with Crippen LogP contribution in [0.5, 0.6) is 0 Å². The molecule has 0 heterocycles. The van der Waals surface area contributed by atoms with Crippen LogP contribution in [0.15, 0.2) is 122 Å². The van der Waals surface area contributed by atoms with Gasteiger partial charge in [-0.3, -0.25) is 4.79 Å². The van der Waals surface area contributed by atoms with Crippen molar-refractivity contribution in [2.75, 3.05) is 19.8 Å². The molecule has 0 spiro atoms. The van der Waals surface area contributed by atoms with Crippen LogP contribution >= 0.6 is 0 Å². The molecule has 0 aliphatic carbocycles. The quantitative estimate of drug-likeness (QED) is 0.0462. The summed E-state index contributed by atoms with van der Waals surface area (Å²) >= 11 is 0. The molecule has 0 aliphatic rings. The van der Waals surface area contributed by atoms with Crippen molar-refractivity contribution in [3.05, 3.63) is 122 Å². The molecule has 0 aliphatic heterocycles. The minimum Gasteiger partial charge on any atom is -0.457 e. The van der Waals surface area contributed by atoms with E-state index in [4.69, 9.17) is 9.47 Å². The smallest absolute Gasteiger partial charge is 0.306 e. The first-order valence-corrected chi connectivity index (χ1v) is 18.1. The molecular formula is C43H66O4. The largest absolute Gasteiger partial charge is 0.457 e. The van der Waals surface area contributed by atoms with E-state index in [9.17, 15) is 9.90 Å². The van der Waals surface area contributed by atoms with Crippen molar-refractivity contribution >= 4 is 5.97 Å². The molecule has 4 heteroatoms. The van der Waals surface area contributed by atoms with Crippen molar-refractivity contribution in [2.24, 2.45) is 0 Å². The fourth-order valence-corrected chi connectivity index (χ4v) is 4.17. The Morgan fingerprint density at radius 2 is 0.894 bits per heavy atom. The van der Waals surface area contributed by atoms with Crippen molar-refractivity contribution in [1.82, 2.24) is 0 Å². The molecule has 1 atom stereocenters. The summed E-state index contributed by atoms with van der Waals surface area (Å²) in [5.74, 6) is -0.301. The standard InChI is InChI=1S/C43H66O4/c1-3-5-7-9-11-13-15-17-19-21-22-23-24-26-28-30-32-34-36-38-43(45)47-42(40-44)41-46-39-37-35-33-31-29-27-25-20-18-16-14-12-10-8-6-4-2/h5-8,11-14,17-20,22-23,26-29,32,34,42,44H,3-4,9-10,15-16,21,24-25,30-31,33,35-41H2,1-2H3/b7-5-,8-6-,13-11-,14-12-,19-17-,20-18-,23-22-,28-26-,29-27-,34-32-. The number of allylic oxidation sites excluding steroid dienone is 20. The van der Waals surface area contributed by atoms with Gasteiger partial charge >= 0.3 is 5.97 Å². The number of carbonyl (C=O) groups is 1. The van der Waals surface area contributed by atoms with E-state index in [1.807, 2.05) is 6.08 Å². The number of rotatable bonds is 31. The Morgan fingerprint density at radius 1 is 0.511 bits per heavy atom. The van der Waals surface area contributed by atoms with Gasteiger partial charge in [0.25, 0.3) is 0 Å². The molecule has 0 aromatic rings. The molecular weight excluding hydrogens is 580 g/mol. The van der Waals surface area contributed by atoms with Crippen molar-refractivity contribution in [1.29, 1.82) is 0 Å². The van der Waals surface area contributed by atoms with Gasteiger partial charge in [-0.15, -0.1) is 0 Å².